The number of likely N-dealkylation sites (tertiary alicyclic amines) is 1. The van der Waals surface area contributed by atoms with Crippen molar-refractivity contribution in [1.82, 2.24) is 4.90 Å². The number of ether oxygens (including phenoxy) is 1. The monoisotopic (exact) mass is 665 g/mol. The van der Waals surface area contributed by atoms with Gasteiger partial charge in [-0.05, 0) is 128 Å². The predicted octanol–water partition coefficient (Wildman–Crippen LogP) is 7.30. The molecule has 8 nitrogen and oxygen atoms in total. The number of carbonyl (C=O) groups is 2. The van der Waals surface area contributed by atoms with Crippen LogP contribution in [0.5, 0.6) is 5.75 Å². The minimum Gasteiger partial charge on any atom is -0.494 e. The zero-order chi connectivity index (χ0) is 33.9. The van der Waals surface area contributed by atoms with Gasteiger partial charge >= 0.3 is 5.97 Å². The van der Waals surface area contributed by atoms with E-state index in [4.69, 9.17) is 4.74 Å². The lowest BCUT2D eigenvalue weighted by Gasteiger charge is -2.35. The SMILES string of the molecule is Cc1ccc(-c2c(C)c3c(c(C)c2CC(=O)O)N(S(C)=O)Cc2cc(C(=O)Nc4ccc(OCCCN5CCCC5)cc4)ccc2-3)cc1. The summed E-state index contributed by atoms with van der Waals surface area (Å²) in [5, 5.41) is 12.9. The minimum absolute atomic E-state index is 0.148. The second kappa shape index (κ2) is 14.3. The number of carboxylic acid groups (broad SMARTS) is 1. The van der Waals surface area contributed by atoms with Crippen molar-refractivity contribution in [2.24, 2.45) is 0 Å². The Kier molecular flexibility index (Phi) is 9.99. The molecule has 0 aliphatic carbocycles. The van der Waals surface area contributed by atoms with Gasteiger partial charge in [0.05, 0.1) is 25.3 Å². The second-order valence-electron chi connectivity index (χ2n) is 12.8. The van der Waals surface area contributed by atoms with Crippen LogP contribution in [0.4, 0.5) is 11.4 Å². The van der Waals surface area contributed by atoms with E-state index in [9.17, 15) is 18.9 Å². The highest BCUT2D eigenvalue weighted by Crippen LogP contribution is 2.49. The van der Waals surface area contributed by atoms with Gasteiger partial charge in [0.2, 0.25) is 0 Å². The first-order chi connectivity index (χ1) is 23.1. The lowest BCUT2D eigenvalue weighted by atomic mass is 9.80. The van der Waals surface area contributed by atoms with Gasteiger partial charge in [-0.2, -0.15) is 0 Å². The maximum Gasteiger partial charge on any atom is 0.307 e. The molecule has 1 unspecified atom stereocenters. The number of hydrogen-bond donors (Lipinski definition) is 2. The summed E-state index contributed by atoms with van der Waals surface area (Å²) in [6, 6.07) is 21.2. The molecule has 1 amide bonds. The molecule has 0 spiro atoms. The Morgan fingerprint density at radius 3 is 2.29 bits per heavy atom. The molecule has 0 saturated carbocycles. The van der Waals surface area contributed by atoms with Crippen molar-refractivity contribution >= 4 is 34.2 Å². The normalized spacial score (nSPS) is 14.7. The molecule has 9 heteroatoms. The number of benzene rings is 4. The van der Waals surface area contributed by atoms with E-state index in [0.717, 1.165) is 74.5 Å². The first-order valence-corrected chi connectivity index (χ1v) is 18.1. The van der Waals surface area contributed by atoms with Crippen molar-refractivity contribution in [3.05, 3.63) is 100 Å². The summed E-state index contributed by atoms with van der Waals surface area (Å²) in [5.41, 5.74) is 10.1. The van der Waals surface area contributed by atoms with Gasteiger partial charge in [0.15, 0.2) is 0 Å². The number of carbonyl (C=O) groups excluding carboxylic acids is 1. The fourth-order valence-corrected chi connectivity index (χ4v) is 7.86. The molecular weight excluding hydrogens is 623 g/mol. The predicted molar refractivity (Wildman–Crippen MR) is 193 cm³/mol. The zero-order valence-electron chi connectivity index (χ0n) is 28.1. The van der Waals surface area contributed by atoms with Gasteiger partial charge < -0.3 is 20.1 Å². The van der Waals surface area contributed by atoms with Gasteiger partial charge in [-0.15, -0.1) is 0 Å². The van der Waals surface area contributed by atoms with Crippen LogP contribution in [0.3, 0.4) is 0 Å². The number of nitrogens with zero attached hydrogens (tertiary/aromatic N) is 2. The number of nitrogens with one attached hydrogen (secondary N) is 1. The third kappa shape index (κ3) is 7.03. The number of aliphatic carboxylic acids is 1. The first-order valence-electron chi connectivity index (χ1n) is 16.6. The van der Waals surface area contributed by atoms with Gasteiger partial charge in [0, 0.05) is 29.6 Å². The maximum atomic E-state index is 13.4. The number of rotatable bonds is 11. The molecule has 2 aliphatic rings. The molecule has 2 N–H and O–H groups in total. The summed E-state index contributed by atoms with van der Waals surface area (Å²) in [6.07, 6.45) is 5.05. The lowest BCUT2D eigenvalue weighted by Crippen LogP contribution is -2.30. The average Bonchev–Trinajstić information content (AvgIpc) is 3.59. The molecule has 48 heavy (non-hydrogen) atoms. The molecule has 250 valence electrons. The Bertz CT molecular complexity index is 1860. The third-order valence-electron chi connectivity index (χ3n) is 9.47. The standard InChI is InChI=1S/C39H43N3O5S/c1-25-8-10-28(11-9-25)36-27(3)37-33-17-12-29(22-30(33)24-42(48(4)46)38(37)26(2)34(36)23-35(43)44)39(45)40-31-13-15-32(16-14-31)47-21-7-20-41-18-5-6-19-41/h8-17,22H,5-7,18-21,23-24H2,1-4H3,(H,40,45)(H,43,44). The summed E-state index contributed by atoms with van der Waals surface area (Å²) in [7, 11) is -1.40. The van der Waals surface area contributed by atoms with Crippen molar-refractivity contribution in [3.8, 4) is 28.0 Å². The molecular formula is C39H43N3O5S. The van der Waals surface area contributed by atoms with Crippen molar-refractivity contribution in [3.63, 3.8) is 0 Å². The highest BCUT2D eigenvalue weighted by atomic mass is 32.2. The van der Waals surface area contributed by atoms with Gasteiger partial charge in [-0.1, -0.05) is 35.9 Å². The molecule has 2 heterocycles. The smallest absolute Gasteiger partial charge is 0.307 e. The van der Waals surface area contributed by atoms with E-state index < -0.39 is 17.0 Å². The Morgan fingerprint density at radius 1 is 0.917 bits per heavy atom. The molecule has 6 rings (SSSR count). The fraction of sp³-hybridized carbons (Fsp3) is 0.333. The molecule has 4 aromatic rings. The van der Waals surface area contributed by atoms with Gasteiger partial charge in [-0.3, -0.25) is 13.9 Å². The quantitative estimate of drug-likeness (QED) is 0.163. The molecule has 1 fully saturated rings. The van der Waals surface area contributed by atoms with E-state index in [2.05, 4.69) is 10.2 Å². The Morgan fingerprint density at radius 2 is 1.62 bits per heavy atom. The Labute approximate surface area is 285 Å². The van der Waals surface area contributed by atoms with E-state index in [0.29, 0.717) is 24.4 Å². The van der Waals surface area contributed by atoms with Crippen LogP contribution >= 0.6 is 0 Å². The minimum atomic E-state index is -1.40. The maximum absolute atomic E-state index is 13.4. The summed E-state index contributed by atoms with van der Waals surface area (Å²) in [6.45, 7) is 10.4. The van der Waals surface area contributed by atoms with E-state index in [1.807, 2.05) is 91.8 Å². The number of amides is 1. The summed E-state index contributed by atoms with van der Waals surface area (Å²) >= 11 is 0. The molecule has 1 atom stereocenters. The van der Waals surface area contributed by atoms with Crippen LogP contribution in [0, 0.1) is 20.8 Å². The van der Waals surface area contributed by atoms with Gasteiger partial charge in [0.25, 0.3) is 5.91 Å². The van der Waals surface area contributed by atoms with Crippen molar-refractivity contribution in [1.29, 1.82) is 0 Å². The molecule has 2 aliphatic heterocycles. The lowest BCUT2D eigenvalue weighted by molar-refractivity contribution is -0.136. The summed E-state index contributed by atoms with van der Waals surface area (Å²) < 4.78 is 21.0. The first kappa shape index (κ1) is 33.4. The number of hydrogen-bond acceptors (Lipinski definition) is 5. The number of anilines is 2. The van der Waals surface area contributed by atoms with Crippen molar-refractivity contribution < 1.29 is 23.6 Å². The Hall–Kier alpha value is -4.47. The van der Waals surface area contributed by atoms with Gasteiger partial charge in [0.1, 0.15) is 16.7 Å². The van der Waals surface area contributed by atoms with Crippen molar-refractivity contribution in [2.45, 2.75) is 53.0 Å². The summed E-state index contributed by atoms with van der Waals surface area (Å²) in [5.74, 6) is -0.384. The zero-order valence-corrected chi connectivity index (χ0v) is 28.9. The van der Waals surface area contributed by atoms with E-state index in [1.165, 1.54) is 25.9 Å². The molecule has 0 radical (unpaired) electrons. The highest BCUT2D eigenvalue weighted by Gasteiger charge is 2.32. The van der Waals surface area contributed by atoms with Crippen LogP contribution in [-0.2, 0) is 28.7 Å². The molecule has 4 aromatic carbocycles. The van der Waals surface area contributed by atoms with E-state index in [1.54, 1.807) is 6.26 Å². The fourth-order valence-electron chi connectivity index (χ4n) is 7.06. The third-order valence-corrected chi connectivity index (χ3v) is 10.4. The largest absolute Gasteiger partial charge is 0.494 e. The van der Waals surface area contributed by atoms with Crippen LogP contribution in [0.15, 0.2) is 66.7 Å². The molecule has 0 aromatic heterocycles. The number of fused-ring (bicyclic) bond motifs is 3. The van der Waals surface area contributed by atoms with Crippen LogP contribution < -0.4 is 14.4 Å². The Balaban J connectivity index is 1.27. The van der Waals surface area contributed by atoms with Crippen LogP contribution in [-0.4, -0.2) is 58.6 Å². The van der Waals surface area contributed by atoms with Gasteiger partial charge in [-0.25, -0.2) is 4.21 Å². The molecule has 0 bridgehead atoms. The van der Waals surface area contributed by atoms with Crippen molar-refractivity contribution in [2.75, 3.05) is 42.1 Å². The van der Waals surface area contributed by atoms with Crippen LogP contribution in [0.2, 0.25) is 0 Å². The van der Waals surface area contributed by atoms with Crippen LogP contribution in [0.1, 0.15) is 57.4 Å². The van der Waals surface area contributed by atoms with Crippen LogP contribution in [0.25, 0.3) is 22.3 Å². The number of carboxylic acids is 1. The molecule has 1 saturated heterocycles. The average molecular weight is 666 g/mol. The van der Waals surface area contributed by atoms with E-state index >= 15 is 0 Å². The second-order valence-corrected chi connectivity index (χ2v) is 14.1. The summed E-state index contributed by atoms with van der Waals surface area (Å²) in [4.78, 5) is 28.0. The number of aryl methyl sites for hydroxylation is 1. The topological polar surface area (TPSA) is 99.2 Å². The highest BCUT2D eigenvalue weighted by molar-refractivity contribution is 7.85. The van der Waals surface area contributed by atoms with E-state index in [-0.39, 0.29) is 12.3 Å².